The molecule has 0 amide bonds. The Kier molecular flexibility index (Phi) is 4.44. The molecule has 0 bridgehead atoms. The summed E-state index contributed by atoms with van der Waals surface area (Å²) in [4.78, 5) is 18.0. The van der Waals surface area contributed by atoms with Gasteiger partial charge in [-0.25, -0.2) is 4.98 Å². The van der Waals surface area contributed by atoms with E-state index in [1.165, 1.54) is 0 Å². The highest BCUT2D eigenvalue weighted by atomic mass is 16.1. The van der Waals surface area contributed by atoms with Gasteiger partial charge >= 0.3 is 0 Å². The lowest BCUT2D eigenvalue weighted by Gasteiger charge is -2.20. The summed E-state index contributed by atoms with van der Waals surface area (Å²) < 4.78 is 3.23. The van der Waals surface area contributed by atoms with E-state index in [0.29, 0.717) is 5.65 Å². The Hall–Kier alpha value is -4.06. The Morgan fingerprint density at radius 3 is 2.13 bits per heavy atom. The zero-order valence-electron chi connectivity index (χ0n) is 16.4. The largest absolute Gasteiger partial charge is 0.285 e. The van der Waals surface area contributed by atoms with E-state index >= 15 is 0 Å². The summed E-state index contributed by atoms with van der Waals surface area (Å²) >= 11 is 0. The van der Waals surface area contributed by atoms with Crippen molar-refractivity contribution in [3.63, 3.8) is 0 Å². The minimum absolute atomic E-state index is 0.225. The van der Waals surface area contributed by atoms with E-state index in [1.807, 2.05) is 91.9 Å². The van der Waals surface area contributed by atoms with Gasteiger partial charge in [-0.3, -0.25) is 9.36 Å². The van der Waals surface area contributed by atoms with Crippen LogP contribution in [0, 0.1) is 6.92 Å². The Morgan fingerprint density at radius 1 is 0.833 bits per heavy atom. The quantitative estimate of drug-likeness (QED) is 0.464. The summed E-state index contributed by atoms with van der Waals surface area (Å²) in [6.45, 7) is 2.01. The summed E-state index contributed by atoms with van der Waals surface area (Å²) in [7, 11) is 0. The molecular formula is C24H19N5O. The average Bonchev–Trinajstić information content (AvgIpc) is 3.22. The molecule has 0 aliphatic carbocycles. The van der Waals surface area contributed by atoms with Crippen molar-refractivity contribution < 1.29 is 0 Å². The van der Waals surface area contributed by atoms with Crippen LogP contribution in [0.15, 0.2) is 96.1 Å². The Bertz CT molecular complexity index is 1330. The third-order valence-corrected chi connectivity index (χ3v) is 5.14. The molecule has 0 fully saturated rings. The number of aryl methyl sites for hydroxylation is 1. The lowest BCUT2D eigenvalue weighted by atomic mass is 9.98. The van der Waals surface area contributed by atoms with Crippen LogP contribution in [0.2, 0.25) is 0 Å². The molecule has 0 aliphatic rings. The van der Waals surface area contributed by atoms with Gasteiger partial charge in [0.05, 0.1) is 11.7 Å². The molecule has 0 unspecified atom stereocenters. The number of rotatable bonds is 4. The van der Waals surface area contributed by atoms with Crippen molar-refractivity contribution in [1.82, 2.24) is 24.5 Å². The molecule has 0 atom stereocenters. The fraction of sp³-hybridized carbons (Fsp3) is 0.0833. The molecule has 30 heavy (non-hydrogen) atoms. The minimum atomic E-state index is -0.305. The van der Waals surface area contributed by atoms with Gasteiger partial charge in [-0.05, 0) is 35.7 Å². The van der Waals surface area contributed by atoms with Crippen LogP contribution in [-0.4, -0.2) is 24.5 Å². The molecule has 6 heteroatoms. The smallest absolute Gasteiger partial charge is 0.284 e. The number of nitrogens with zero attached hydrogens (tertiary/aromatic N) is 5. The zero-order chi connectivity index (χ0) is 20.5. The van der Waals surface area contributed by atoms with Gasteiger partial charge < -0.3 is 0 Å². The third-order valence-electron chi connectivity index (χ3n) is 5.14. The molecule has 6 nitrogen and oxygen atoms in total. The van der Waals surface area contributed by atoms with Gasteiger partial charge in [-0.2, -0.15) is 4.68 Å². The first-order valence-electron chi connectivity index (χ1n) is 9.72. The van der Waals surface area contributed by atoms with Gasteiger partial charge in [0.15, 0.2) is 11.2 Å². The van der Waals surface area contributed by atoms with Crippen LogP contribution < -0.4 is 5.56 Å². The fourth-order valence-corrected chi connectivity index (χ4v) is 3.72. The lowest BCUT2D eigenvalue weighted by molar-refractivity contribution is 0.642. The second-order valence-corrected chi connectivity index (χ2v) is 7.19. The van der Waals surface area contributed by atoms with Crippen LogP contribution in [0.4, 0.5) is 0 Å². The molecule has 146 valence electrons. The Balaban J connectivity index is 1.70. The van der Waals surface area contributed by atoms with Crippen molar-refractivity contribution in [2.75, 3.05) is 0 Å². The summed E-state index contributed by atoms with van der Waals surface area (Å²) in [6.07, 6.45) is 1.59. The van der Waals surface area contributed by atoms with E-state index in [4.69, 9.17) is 0 Å². The molecule has 0 radical (unpaired) electrons. The van der Waals surface area contributed by atoms with E-state index in [1.54, 1.807) is 15.6 Å². The summed E-state index contributed by atoms with van der Waals surface area (Å²) in [5.41, 5.74) is 4.38. The predicted octanol–water partition coefficient (Wildman–Crippen LogP) is 3.92. The molecule has 0 saturated heterocycles. The number of fused-ring (bicyclic) bond motifs is 1. The monoisotopic (exact) mass is 393 g/mol. The molecule has 0 aliphatic heterocycles. The van der Waals surface area contributed by atoms with Crippen molar-refractivity contribution in [2.45, 2.75) is 13.0 Å². The highest BCUT2D eigenvalue weighted by Crippen LogP contribution is 2.25. The maximum Gasteiger partial charge on any atom is 0.284 e. The minimum Gasteiger partial charge on any atom is -0.285 e. The van der Waals surface area contributed by atoms with E-state index in [-0.39, 0.29) is 17.1 Å². The topological polar surface area (TPSA) is 65.6 Å². The van der Waals surface area contributed by atoms with Gasteiger partial charge in [0, 0.05) is 0 Å². The normalized spacial score (nSPS) is 11.3. The van der Waals surface area contributed by atoms with Crippen LogP contribution in [-0.2, 0) is 0 Å². The lowest BCUT2D eigenvalue weighted by Crippen LogP contribution is -2.27. The Morgan fingerprint density at radius 2 is 1.50 bits per heavy atom. The molecule has 2 aromatic heterocycles. The van der Waals surface area contributed by atoms with E-state index < -0.39 is 0 Å². The number of benzene rings is 3. The van der Waals surface area contributed by atoms with Gasteiger partial charge in [0.1, 0.15) is 6.33 Å². The highest BCUT2D eigenvalue weighted by molar-refractivity contribution is 5.70. The molecule has 5 rings (SSSR count). The highest BCUT2D eigenvalue weighted by Gasteiger charge is 2.21. The second-order valence-electron chi connectivity index (χ2n) is 7.19. The number of hydrogen-bond donors (Lipinski definition) is 0. The molecule has 5 aromatic rings. The van der Waals surface area contributed by atoms with Crippen LogP contribution in [0.3, 0.4) is 0 Å². The Labute approximate surface area is 173 Å². The SMILES string of the molecule is Cc1cccc(-n2nnc3c(=O)n(C(c4ccccc4)c4ccccc4)cnc32)c1. The molecule has 3 aromatic carbocycles. The number of hydrogen-bond acceptors (Lipinski definition) is 4. The van der Waals surface area contributed by atoms with Gasteiger partial charge in [0.2, 0.25) is 0 Å². The van der Waals surface area contributed by atoms with E-state index in [2.05, 4.69) is 15.3 Å². The maximum absolute atomic E-state index is 13.4. The van der Waals surface area contributed by atoms with Crippen molar-refractivity contribution >= 4 is 11.2 Å². The van der Waals surface area contributed by atoms with Crippen molar-refractivity contribution in [3.8, 4) is 5.69 Å². The maximum atomic E-state index is 13.4. The molecule has 0 N–H and O–H groups in total. The molecule has 0 saturated carbocycles. The predicted molar refractivity (Wildman–Crippen MR) is 116 cm³/mol. The number of aromatic nitrogens is 5. The van der Waals surface area contributed by atoms with Gasteiger partial charge in [-0.1, -0.05) is 78.0 Å². The van der Waals surface area contributed by atoms with Gasteiger partial charge in [-0.15, -0.1) is 5.10 Å². The summed E-state index contributed by atoms with van der Waals surface area (Å²) in [5.74, 6) is 0. The zero-order valence-corrected chi connectivity index (χ0v) is 16.4. The summed E-state index contributed by atoms with van der Waals surface area (Å²) in [6, 6.07) is 27.4. The third kappa shape index (κ3) is 3.08. The van der Waals surface area contributed by atoms with Gasteiger partial charge in [0.25, 0.3) is 5.56 Å². The fourth-order valence-electron chi connectivity index (χ4n) is 3.72. The average molecular weight is 393 g/mol. The molecular weight excluding hydrogens is 374 g/mol. The first-order chi connectivity index (χ1) is 14.7. The van der Waals surface area contributed by atoms with Crippen molar-refractivity contribution in [1.29, 1.82) is 0 Å². The second kappa shape index (κ2) is 7.40. The van der Waals surface area contributed by atoms with Crippen LogP contribution in [0.1, 0.15) is 22.7 Å². The first kappa shape index (κ1) is 18.0. The van der Waals surface area contributed by atoms with Crippen LogP contribution in [0.5, 0.6) is 0 Å². The van der Waals surface area contributed by atoms with Crippen LogP contribution in [0.25, 0.3) is 16.9 Å². The van der Waals surface area contributed by atoms with E-state index in [0.717, 1.165) is 22.4 Å². The van der Waals surface area contributed by atoms with Crippen molar-refractivity contribution in [2.24, 2.45) is 0 Å². The van der Waals surface area contributed by atoms with E-state index in [9.17, 15) is 4.79 Å². The first-order valence-corrected chi connectivity index (χ1v) is 9.72. The van der Waals surface area contributed by atoms with Crippen molar-refractivity contribution in [3.05, 3.63) is 118 Å². The van der Waals surface area contributed by atoms with Crippen LogP contribution >= 0.6 is 0 Å². The molecule has 0 spiro atoms. The molecule has 2 heterocycles. The standard InChI is InChI=1S/C24H19N5O/c1-17-9-8-14-20(15-17)29-23-21(26-27-29)24(30)28(16-25-23)22(18-10-4-2-5-11-18)19-12-6-3-7-13-19/h2-16,22H,1H3. The summed E-state index contributed by atoms with van der Waals surface area (Å²) in [5, 5.41) is 8.38.